The minimum absolute atomic E-state index is 0.226. The van der Waals surface area contributed by atoms with Crippen LogP contribution in [0.1, 0.15) is 38.5 Å². The molecule has 2 aliphatic rings. The van der Waals surface area contributed by atoms with Gasteiger partial charge in [-0.3, -0.25) is 0 Å². The van der Waals surface area contributed by atoms with Gasteiger partial charge in [0.15, 0.2) is 0 Å². The number of nitrogens with zero attached hydrogens (tertiary/aromatic N) is 4. The van der Waals surface area contributed by atoms with E-state index >= 15 is 0 Å². The van der Waals surface area contributed by atoms with Crippen LogP contribution in [0.5, 0.6) is 0 Å². The Morgan fingerprint density at radius 3 is 2.50 bits per heavy atom. The van der Waals surface area contributed by atoms with Crippen LogP contribution in [0, 0.1) is 0 Å². The summed E-state index contributed by atoms with van der Waals surface area (Å²) in [5, 5.41) is 13.2. The van der Waals surface area contributed by atoms with Crippen molar-refractivity contribution in [3.8, 4) is 0 Å². The van der Waals surface area contributed by atoms with E-state index in [2.05, 4.69) is 25.2 Å². The molecule has 7 nitrogen and oxygen atoms in total. The van der Waals surface area contributed by atoms with Crippen LogP contribution in [0.25, 0.3) is 0 Å². The van der Waals surface area contributed by atoms with Crippen molar-refractivity contribution in [2.45, 2.75) is 44.1 Å². The Kier molecular flexibility index (Phi) is 3.60. The van der Waals surface area contributed by atoms with E-state index in [1.54, 1.807) is 0 Å². The third-order valence-electron chi connectivity index (χ3n) is 4.14. The van der Waals surface area contributed by atoms with Crippen LogP contribution in [-0.4, -0.2) is 45.3 Å². The van der Waals surface area contributed by atoms with E-state index in [9.17, 15) is 5.11 Å². The fourth-order valence-electron chi connectivity index (χ4n) is 2.70. The zero-order chi connectivity index (χ0) is 14.0. The van der Waals surface area contributed by atoms with Gasteiger partial charge in [-0.25, -0.2) is 0 Å². The number of hydrogen-bond donors (Lipinski definition) is 3. The molecule has 1 saturated carbocycles. The van der Waals surface area contributed by atoms with Gasteiger partial charge in [0.2, 0.25) is 17.8 Å². The van der Waals surface area contributed by atoms with Crippen LogP contribution in [0.4, 0.5) is 17.8 Å². The molecule has 2 fully saturated rings. The van der Waals surface area contributed by atoms with Gasteiger partial charge >= 0.3 is 0 Å². The van der Waals surface area contributed by atoms with Gasteiger partial charge < -0.3 is 21.1 Å². The summed E-state index contributed by atoms with van der Waals surface area (Å²) in [6, 6.07) is 0. The lowest BCUT2D eigenvalue weighted by atomic mass is 9.80. The SMILES string of the molecule is Nc1nc(NCC2(O)CCC2)nc(N2CCCCC2)n1. The Bertz CT molecular complexity index is 470. The van der Waals surface area contributed by atoms with Crippen LogP contribution >= 0.6 is 0 Å². The topological polar surface area (TPSA) is 100 Å². The Morgan fingerprint density at radius 2 is 1.85 bits per heavy atom. The maximum atomic E-state index is 10.1. The summed E-state index contributed by atoms with van der Waals surface area (Å²) in [5.74, 6) is 1.32. The van der Waals surface area contributed by atoms with Gasteiger partial charge in [-0.15, -0.1) is 0 Å². The molecule has 1 aliphatic carbocycles. The number of rotatable bonds is 4. The van der Waals surface area contributed by atoms with E-state index < -0.39 is 5.60 Å². The second-order valence-corrected chi connectivity index (χ2v) is 5.80. The molecule has 20 heavy (non-hydrogen) atoms. The Morgan fingerprint density at radius 1 is 1.10 bits per heavy atom. The molecular formula is C13H22N6O. The molecule has 0 atom stereocenters. The normalized spacial score (nSPS) is 21.4. The highest BCUT2D eigenvalue weighted by Crippen LogP contribution is 2.31. The van der Waals surface area contributed by atoms with E-state index in [0.29, 0.717) is 18.4 Å². The summed E-state index contributed by atoms with van der Waals surface area (Å²) in [4.78, 5) is 14.9. The molecular weight excluding hydrogens is 256 g/mol. The van der Waals surface area contributed by atoms with E-state index in [1.807, 2.05) is 0 Å². The van der Waals surface area contributed by atoms with Gasteiger partial charge in [0.05, 0.1) is 5.60 Å². The molecule has 2 heterocycles. The highest BCUT2D eigenvalue weighted by Gasteiger charge is 2.34. The predicted molar refractivity (Wildman–Crippen MR) is 77.6 cm³/mol. The Hall–Kier alpha value is -1.63. The van der Waals surface area contributed by atoms with Gasteiger partial charge in [0.1, 0.15) is 0 Å². The molecule has 3 rings (SSSR count). The fourth-order valence-corrected chi connectivity index (χ4v) is 2.70. The quantitative estimate of drug-likeness (QED) is 0.748. The number of piperidine rings is 1. The van der Waals surface area contributed by atoms with Gasteiger partial charge in [0, 0.05) is 19.6 Å². The average Bonchev–Trinajstić information content (AvgIpc) is 2.43. The highest BCUT2D eigenvalue weighted by molar-refractivity contribution is 5.42. The third-order valence-corrected chi connectivity index (χ3v) is 4.14. The van der Waals surface area contributed by atoms with Gasteiger partial charge in [-0.05, 0) is 38.5 Å². The smallest absolute Gasteiger partial charge is 0.231 e. The fraction of sp³-hybridized carbons (Fsp3) is 0.769. The lowest BCUT2D eigenvalue weighted by molar-refractivity contribution is -0.0203. The molecule has 1 saturated heterocycles. The zero-order valence-electron chi connectivity index (χ0n) is 11.7. The first-order valence-electron chi connectivity index (χ1n) is 7.37. The standard InChI is InChI=1S/C13H22N6O/c14-10-16-11(15-9-13(20)5-4-6-13)18-12(17-10)19-7-2-1-3-8-19/h20H,1-9H2,(H3,14,15,16,17,18). The molecule has 1 aromatic rings. The molecule has 110 valence electrons. The Labute approximate surface area is 118 Å². The molecule has 0 spiro atoms. The molecule has 0 aromatic carbocycles. The summed E-state index contributed by atoms with van der Waals surface area (Å²) < 4.78 is 0. The first-order valence-corrected chi connectivity index (χ1v) is 7.37. The number of nitrogen functional groups attached to an aromatic ring is 1. The minimum atomic E-state index is -0.604. The first kappa shape index (κ1) is 13.4. The van der Waals surface area contributed by atoms with Crippen LogP contribution in [-0.2, 0) is 0 Å². The second-order valence-electron chi connectivity index (χ2n) is 5.80. The molecule has 0 unspecified atom stereocenters. The number of anilines is 3. The van der Waals surface area contributed by atoms with E-state index in [4.69, 9.17) is 5.73 Å². The van der Waals surface area contributed by atoms with Crippen molar-refractivity contribution in [1.82, 2.24) is 15.0 Å². The number of hydrogen-bond acceptors (Lipinski definition) is 7. The van der Waals surface area contributed by atoms with Crippen molar-refractivity contribution < 1.29 is 5.11 Å². The monoisotopic (exact) mass is 278 g/mol. The molecule has 4 N–H and O–H groups in total. The van der Waals surface area contributed by atoms with Crippen molar-refractivity contribution in [3.63, 3.8) is 0 Å². The second kappa shape index (κ2) is 5.40. The average molecular weight is 278 g/mol. The van der Waals surface area contributed by atoms with Crippen molar-refractivity contribution in [3.05, 3.63) is 0 Å². The summed E-state index contributed by atoms with van der Waals surface area (Å²) in [5.41, 5.74) is 5.16. The van der Waals surface area contributed by atoms with Crippen LogP contribution in [0.3, 0.4) is 0 Å². The number of aliphatic hydroxyl groups is 1. The van der Waals surface area contributed by atoms with Crippen molar-refractivity contribution >= 4 is 17.8 Å². The number of aromatic nitrogens is 3. The molecule has 1 aliphatic heterocycles. The first-order chi connectivity index (χ1) is 9.65. The molecule has 7 heteroatoms. The number of nitrogens with one attached hydrogen (secondary N) is 1. The van der Waals surface area contributed by atoms with Crippen molar-refractivity contribution in [2.75, 3.05) is 35.6 Å². The Balaban J connectivity index is 1.69. The molecule has 0 bridgehead atoms. The summed E-state index contributed by atoms with van der Waals surface area (Å²) in [6.07, 6.45) is 6.33. The van der Waals surface area contributed by atoms with Gasteiger partial charge in [-0.1, -0.05) is 0 Å². The van der Waals surface area contributed by atoms with Crippen LogP contribution < -0.4 is 16.0 Å². The van der Waals surface area contributed by atoms with E-state index in [0.717, 1.165) is 45.2 Å². The highest BCUT2D eigenvalue weighted by atomic mass is 16.3. The van der Waals surface area contributed by atoms with Crippen LogP contribution in [0.2, 0.25) is 0 Å². The van der Waals surface area contributed by atoms with Crippen LogP contribution in [0.15, 0.2) is 0 Å². The zero-order valence-corrected chi connectivity index (χ0v) is 11.7. The summed E-state index contributed by atoms with van der Waals surface area (Å²) >= 11 is 0. The third kappa shape index (κ3) is 2.92. The van der Waals surface area contributed by atoms with Crippen molar-refractivity contribution in [2.24, 2.45) is 0 Å². The molecule has 1 aromatic heterocycles. The lowest BCUT2D eigenvalue weighted by Gasteiger charge is -2.36. The van der Waals surface area contributed by atoms with Gasteiger partial charge in [-0.2, -0.15) is 15.0 Å². The van der Waals surface area contributed by atoms with Crippen molar-refractivity contribution in [1.29, 1.82) is 0 Å². The largest absolute Gasteiger partial charge is 0.388 e. The maximum Gasteiger partial charge on any atom is 0.231 e. The molecule has 0 radical (unpaired) electrons. The van der Waals surface area contributed by atoms with E-state index in [-0.39, 0.29) is 5.95 Å². The maximum absolute atomic E-state index is 10.1. The summed E-state index contributed by atoms with van der Waals surface area (Å²) in [7, 11) is 0. The number of nitrogens with two attached hydrogens (primary N) is 1. The van der Waals surface area contributed by atoms with E-state index in [1.165, 1.54) is 6.42 Å². The molecule has 0 amide bonds. The summed E-state index contributed by atoms with van der Waals surface area (Å²) in [6.45, 7) is 2.40. The minimum Gasteiger partial charge on any atom is -0.388 e. The van der Waals surface area contributed by atoms with Gasteiger partial charge in [0.25, 0.3) is 0 Å². The lowest BCUT2D eigenvalue weighted by Crippen LogP contribution is -2.43. The predicted octanol–water partition coefficient (Wildman–Crippen LogP) is 0.771.